The van der Waals surface area contributed by atoms with E-state index in [0.29, 0.717) is 12.6 Å². The third-order valence-corrected chi connectivity index (χ3v) is 4.21. The number of hydrogen-bond acceptors (Lipinski definition) is 3. The topological polar surface area (TPSA) is 35.6 Å². The predicted octanol–water partition coefficient (Wildman–Crippen LogP) is 0.924. The number of fused-ring (bicyclic) bond motifs is 1. The summed E-state index contributed by atoms with van der Waals surface area (Å²) in [6.07, 6.45) is 0. The molecule has 0 saturated carbocycles. The number of aryl methyl sites for hydroxylation is 2. The first-order valence-corrected chi connectivity index (χ1v) is 6.98. The molecule has 3 rings (SSSR count). The van der Waals surface area contributed by atoms with Gasteiger partial charge >= 0.3 is 0 Å². The Morgan fingerprint density at radius 2 is 1.95 bits per heavy atom. The van der Waals surface area contributed by atoms with Crippen molar-refractivity contribution < 1.29 is 4.79 Å². The van der Waals surface area contributed by atoms with Crippen LogP contribution in [0.5, 0.6) is 0 Å². The summed E-state index contributed by atoms with van der Waals surface area (Å²) < 4.78 is 0. The van der Waals surface area contributed by atoms with E-state index in [2.05, 4.69) is 42.3 Å². The smallest absolute Gasteiger partial charge is 0.236 e. The van der Waals surface area contributed by atoms with E-state index in [0.717, 1.165) is 26.2 Å². The van der Waals surface area contributed by atoms with Crippen molar-refractivity contribution in [1.29, 1.82) is 0 Å². The summed E-state index contributed by atoms with van der Waals surface area (Å²) in [5, 5.41) is 3.22. The van der Waals surface area contributed by atoms with Crippen molar-refractivity contribution in [3.05, 3.63) is 29.3 Å². The lowest BCUT2D eigenvalue weighted by Gasteiger charge is -2.45. The average Bonchev–Trinajstić information content (AvgIpc) is 2.39. The summed E-state index contributed by atoms with van der Waals surface area (Å²) >= 11 is 0. The second-order valence-electron chi connectivity index (χ2n) is 5.56. The normalized spacial score (nSPS) is 23.5. The lowest BCUT2D eigenvalue weighted by Crippen LogP contribution is -2.63. The molecule has 2 aliphatic heterocycles. The zero-order valence-electron chi connectivity index (χ0n) is 11.6. The molecule has 1 amide bonds. The maximum atomic E-state index is 11.9. The van der Waals surface area contributed by atoms with Gasteiger partial charge in [-0.25, -0.2) is 0 Å². The summed E-state index contributed by atoms with van der Waals surface area (Å²) in [5.74, 6) is 0.248. The van der Waals surface area contributed by atoms with E-state index in [-0.39, 0.29) is 5.91 Å². The van der Waals surface area contributed by atoms with Crippen LogP contribution in [-0.2, 0) is 4.79 Å². The van der Waals surface area contributed by atoms with Crippen LogP contribution in [-0.4, -0.2) is 49.6 Å². The highest BCUT2D eigenvalue weighted by Gasteiger charge is 2.33. The number of benzene rings is 1. The highest BCUT2D eigenvalue weighted by molar-refractivity contribution is 5.80. The van der Waals surface area contributed by atoms with Crippen molar-refractivity contribution >= 4 is 11.6 Å². The summed E-state index contributed by atoms with van der Waals surface area (Å²) in [6, 6.07) is 6.75. The minimum Gasteiger partial charge on any atom is -0.367 e. The Morgan fingerprint density at radius 1 is 1.21 bits per heavy atom. The van der Waals surface area contributed by atoms with Crippen molar-refractivity contribution in [3.8, 4) is 0 Å². The first-order valence-electron chi connectivity index (χ1n) is 6.98. The van der Waals surface area contributed by atoms with Crippen LogP contribution in [0, 0.1) is 13.8 Å². The zero-order chi connectivity index (χ0) is 13.4. The van der Waals surface area contributed by atoms with Crippen molar-refractivity contribution in [2.24, 2.45) is 0 Å². The number of amides is 1. The van der Waals surface area contributed by atoms with Gasteiger partial charge in [0.25, 0.3) is 0 Å². The van der Waals surface area contributed by atoms with Crippen molar-refractivity contribution in [2.45, 2.75) is 19.9 Å². The number of anilines is 1. The van der Waals surface area contributed by atoms with Crippen LogP contribution < -0.4 is 10.2 Å². The van der Waals surface area contributed by atoms with Crippen molar-refractivity contribution in [3.63, 3.8) is 0 Å². The van der Waals surface area contributed by atoms with Crippen LogP contribution in [0.3, 0.4) is 0 Å². The molecule has 2 saturated heterocycles. The minimum atomic E-state index is 0.248. The Balaban J connectivity index is 1.83. The molecule has 2 heterocycles. The molecule has 19 heavy (non-hydrogen) atoms. The second kappa shape index (κ2) is 4.85. The molecule has 1 unspecified atom stereocenters. The van der Waals surface area contributed by atoms with Gasteiger partial charge in [-0.15, -0.1) is 0 Å². The first-order chi connectivity index (χ1) is 9.16. The summed E-state index contributed by atoms with van der Waals surface area (Å²) in [5.41, 5.74) is 3.99. The summed E-state index contributed by atoms with van der Waals surface area (Å²) in [7, 11) is 0. The molecule has 1 N–H and O–H groups in total. The van der Waals surface area contributed by atoms with Gasteiger partial charge in [0.05, 0.1) is 12.6 Å². The van der Waals surface area contributed by atoms with E-state index in [4.69, 9.17) is 0 Å². The van der Waals surface area contributed by atoms with Gasteiger partial charge in [0.2, 0.25) is 5.91 Å². The number of carbonyl (C=O) groups is 1. The van der Waals surface area contributed by atoms with E-state index >= 15 is 0 Å². The Kier molecular flexibility index (Phi) is 3.19. The maximum absolute atomic E-state index is 11.9. The van der Waals surface area contributed by atoms with Crippen LogP contribution in [0.2, 0.25) is 0 Å². The third-order valence-electron chi connectivity index (χ3n) is 4.21. The molecule has 0 spiro atoms. The average molecular weight is 259 g/mol. The lowest BCUT2D eigenvalue weighted by atomic mass is 10.0. The Labute approximate surface area is 114 Å². The maximum Gasteiger partial charge on any atom is 0.236 e. The molecular formula is C15H21N3O. The molecule has 0 radical (unpaired) electrons. The summed E-state index contributed by atoms with van der Waals surface area (Å²) in [4.78, 5) is 16.3. The predicted molar refractivity (Wildman–Crippen MR) is 76.5 cm³/mol. The van der Waals surface area contributed by atoms with Gasteiger partial charge in [-0.1, -0.05) is 18.2 Å². The Bertz CT molecular complexity index is 480. The van der Waals surface area contributed by atoms with Crippen LogP contribution in [0.4, 0.5) is 5.69 Å². The number of carbonyl (C=O) groups excluding carboxylic acids is 1. The van der Waals surface area contributed by atoms with Crippen LogP contribution >= 0.6 is 0 Å². The van der Waals surface area contributed by atoms with E-state index < -0.39 is 0 Å². The van der Waals surface area contributed by atoms with Gasteiger partial charge in [-0.3, -0.25) is 4.79 Å². The summed E-state index contributed by atoms with van der Waals surface area (Å²) in [6.45, 7) is 8.46. The van der Waals surface area contributed by atoms with E-state index in [1.54, 1.807) is 0 Å². The van der Waals surface area contributed by atoms with Crippen molar-refractivity contribution in [2.75, 3.05) is 37.6 Å². The number of nitrogens with zero attached hydrogens (tertiary/aromatic N) is 2. The molecule has 1 atom stereocenters. The molecule has 0 aliphatic carbocycles. The van der Waals surface area contributed by atoms with Gasteiger partial charge in [-0.05, 0) is 25.0 Å². The zero-order valence-corrected chi connectivity index (χ0v) is 11.6. The number of nitrogens with one attached hydrogen (secondary N) is 1. The molecule has 4 nitrogen and oxygen atoms in total. The minimum absolute atomic E-state index is 0.248. The quantitative estimate of drug-likeness (QED) is 0.815. The largest absolute Gasteiger partial charge is 0.367 e. The fourth-order valence-electron chi connectivity index (χ4n) is 3.31. The Morgan fingerprint density at radius 3 is 2.68 bits per heavy atom. The first kappa shape index (κ1) is 12.5. The number of rotatable bonds is 1. The molecule has 1 aromatic rings. The molecule has 1 aromatic carbocycles. The standard InChI is InChI=1S/C15H21N3O/c1-11-4-3-5-12(2)15(11)17-6-7-18-13(10-17)8-16-9-14(18)19/h3-5,13,16H,6-10H2,1-2H3. The lowest BCUT2D eigenvalue weighted by molar-refractivity contribution is -0.135. The highest BCUT2D eigenvalue weighted by Crippen LogP contribution is 2.27. The van der Waals surface area contributed by atoms with Crippen molar-refractivity contribution in [1.82, 2.24) is 10.2 Å². The van der Waals surface area contributed by atoms with Gasteiger partial charge in [0.15, 0.2) is 0 Å². The van der Waals surface area contributed by atoms with Gasteiger partial charge in [-0.2, -0.15) is 0 Å². The molecular weight excluding hydrogens is 238 g/mol. The fourth-order valence-corrected chi connectivity index (χ4v) is 3.31. The van der Waals surface area contributed by atoms with Crippen LogP contribution in [0.25, 0.3) is 0 Å². The number of hydrogen-bond donors (Lipinski definition) is 1. The van der Waals surface area contributed by atoms with Gasteiger partial charge in [0, 0.05) is 31.9 Å². The highest BCUT2D eigenvalue weighted by atomic mass is 16.2. The van der Waals surface area contributed by atoms with Gasteiger partial charge in [0.1, 0.15) is 0 Å². The molecule has 0 aromatic heterocycles. The third kappa shape index (κ3) is 2.21. The van der Waals surface area contributed by atoms with E-state index in [1.807, 2.05) is 4.90 Å². The van der Waals surface area contributed by atoms with Crippen LogP contribution in [0.15, 0.2) is 18.2 Å². The number of para-hydroxylation sites is 1. The molecule has 2 aliphatic rings. The molecule has 0 bridgehead atoms. The SMILES string of the molecule is Cc1cccc(C)c1N1CCN2C(=O)CNCC2C1. The molecule has 4 heteroatoms. The molecule has 102 valence electrons. The second-order valence-corrected chi connectivity index (χ2v) is 5.56. The number of piperazine rings is 2. The Hall–Kier alpha value is -1.55. The van der Waals surface area contributed by atoms with E-state index in [9.17, 15) is 4.79 Å². The molecule has 2 fully saturated rings. The van der Waals surface area contributed by atoms with Crippen LogP contribution in [0.1, 0.15) is 11.1 Å². The van der Waals surface area contributed by atoms with E-state index in [1.165, 1.54) is 16.8 Å². The fraction of sp³-hybridized carbons (Fsp3) is 0.533. The monoisotopic (exact) mass is 259 g/mol. The van der Waals surface area contributed by atoms with Gasteiger partial charge < -0.3 is 15.1 Å².